The van der Waals surface area contributed by atoms with E-state index in [1.807, 2.05) is 13.8 Å². The lowest BCUT2D eigenvalue weighted by Crippen LogP contribution is -2.69. The molecule has 0 unspecified atom stereocenters. The molecule has 3 fully saturated rings. The third-order valence-electron chi connectivity index (χ3n) is 8.88. The fourth-order valence-electron chi connectivity index (χ4n) is 7.34. The molecule has 0 amide bonds. The Morgan fingerprint density at radius 3 is 2.47 bits per heavy atom. The molecule has 4 aliphatic carbocycles. The molecule has 34 heavy (non-hydrogen) atoms. The number of fused-ring (bicyclic) bond motifs is 5. The number of ketones is 2. The number of carbonyl (C=O) groups is 4. The number of hydrogen-bond donors (Lipinski definition) is 0. The summed E-state index contributed by atoms with van der Waals surface area (Å²) in [6.07, 6.45) is 3.92. The van der Waals surface area contributed by atoms with Crippen LogP contribution in [0.1, 0.15) is 53.4 Å². The summed E-state index contributed by atoms with van der Waals surface area (Å²) in [4.78, 5) is 47.9. The average Bonchev–Trinajstić information content (AvgIpc) is 3.02. The molecule has 9 heteroatoms. The van der Waals surface area contributed by atoms with Gasteiger partial charge in [0.2, 0.25) is 5.78 Å². The highest BCUT2D eigenvalue weighted by molar-refractivity contribution is 6.34. The molecule has 0 aromatic rings. The van der Waals surface area contributed by atoms with E-state index in [4.69, 9.17) is 32.7 Å². The average molecular weight is 515 g/mol. The first-order valence-electron chi connectivity index (χ1n) is 11.5. The van der Waals surface area contributed by atoms with Crippen molar-refractivity contribution in [2.24, 2.45) is 22.7 Å². The summed E-state index contributed by atoms with van der Waals surface area (Å²) < 4.78 is 26.3. The van der Waals surface area contributed by atoms with Crippen LogP contribution in [0.2, 0.25) is 0 Å². The summed E-state index contributed by atoms with van der Waals surface area (Å²) in [5.41, 5.74) is -3.18. The van der Waals surface area contributed by atoms with Gasteiger partial charge in [-0.15, -0.1) is 23.2 Å². The molecule has 6 nitrogen and oxygen atoms in total. The zero-order valence-corrected chi connectivity index (χ0v) is 21.2. The molecule has 4 aliphatic rings. The molecular formula is C25H29Cl2FO6. The van der Waals surface area contributed by atoms with Crippen molar-refractivity contribution in [2.45, 2.75) is 75.4 Å². The lowest BCUT2D eigenvalue weighted by molar-refractivity contribution is -0.189. The smallest absolute Gasteiger partial charge is 0.303 e. The van der Waals surface area contributed by atoms with Crippen LogP contribution < -0.4 is 0 Å². The minimum atomic E-state index is -1.56. The number of halogens is 3. The fourth-order valence-corrected chi connectivity index (χ4v) is 8.54. The number of ether oxygens (including phenoxy) is 2. The quantitative estimate of drug-likeness (QED) is 0.411. The van der Waals surface area contributed by atoms with Crippen LogP contribution >= 0.6 is 23.2 Å². The van der Waals surface area contributed by atoms with Crippen molar-refractivity contribution in [1.82, 2.24) is 0 Å². The van der Waals surface area contributed by atoms with Crippen LogP contribution in [0.25, 0.3) is 0 Å². The number of hydrogen-bond acceptors (Lipinski definition) is 6. The molecule has 8 atom stereocenters. The summed E-state index contributed by atoms with van der Waals surface area (Å²) in [6, 6.07) is 0. The molecule has 0 radical (unpaired) electrons. The van der Waals surface area contributed by atoms with Gasteiger partial charge in [0.05, 0.1) is 10.3 Å². The molecular weight excluding hydrogens is 486 g/mol. The van der Waals surface area contributed by atoms with Crippen molar-refractivity contribution in [2.75, 3.05) is 6.61 Å². The number of allylic oxidation sites excluding steroid dienone is 4. The number of rotatable bonds is 4. The number of esters is 2. The molecule has 0 N–H and O–H groups in total. The molecule has 0 heterocycles. The van der Waals surface area contributed by atoms with Gasteiger partial charge in [0.1, 0.15) is 6.17 Å². The van der Waals surface area contributed by atoms with Crippen LogP contribution in [-0.2, 0) is 28.7 Å². The SMILES string of the molecule is CC(=O)OCC(=O)[C@@]1(OC(C)=O)CC[C@H]2[C@@H]3C[C@@H](F)C4=CC(=O)C=C[C@]4(C)[C@@]3(Cl)[C@@H](Cl)C[C@@]21C. The third kappa shape index (κ3) is 3.25. The van der Waals surface area contributed by atoms with Crippen molar-refractivity contribution in [3.63, 3.8) is 0 Å². The van der Waals surface area contributed by atoms with Crippen LogP contribution in [0.15, 0.2) is 23.8 Å². The summed E-state index contributed by atoms with van der Waals surface area (Å²) in [5.74, 6) is -2.80. The Morgan fingerprint density at radius 2 is 1.85 bits per heavy atom. The van der Waals surface area contributed by atoms with Gasteiger partial charge in [-0.1, -0.05) is 19.9 Å². The maximum absolute atomic E-state index is 15.6. The van der Waals surface area contributed by atoms with Gasteiger partial charge >= 0.3 is 11.9 Å². The van der Waals surface area contributed by atoms with Gasteiger partial charge in [0, 0.05) is 24.7 Å². The van der Waals surface area contributed by atoms with E-state index in [0.717, 1.165) is 0 Å². The van der Waals surface area contributed by atoms with E-state index in [0.29, 0.717) is 12.0 Å². The number of Topliss-reactive ketones (excluding diaryl/α,β-unsaturated/α-hetero) is 1. The summed E-state index contributed by atoms with van der Waals surface area (Å²) in [5, 5.41) is -0.728. The Hall–Kier alpha value is -1.73. The lowest BCUT2D eigenvalue weighted by Gasteiger charge is -2.64. The monoisotopic (exact) mass is 514 g/mol. The molecule has 0 spiro atoms. The van der Waals surface area contributed by atoms with Gasteiger partial charge in [0.25, 0.3) is 0 Å². The highest BCUT2D eigenvalue weighted by atomic mass is 35.5. The standard InChI is InChI=1S/C25H29Cl2FO6/c1-13(29)33-12-21(32)24(34-14(2)30)8-6-16-17-10-19(28)18-9-15(31)5-7-22(18,3)25(17,27)20(26)11-23(16,24)4/h5,7,9,16-17,19-20H,6,8,10-12H2,1-4H3/t16-,17-,19+,20-,22-,23-,24-,25-/m0/s1. The van der Waals surface area contributed by atoms with Crippen molar-refractivity contribution >= 4 is 46.7 Å². The van der Waals surface area contributed by atoms with Crippen molar-refractivity contribution in [1.29, 1.82) is 0 Å². The van der Waals surface area contributed by atoms with E-state index in [2.05, 4.69) is 0 Å². The molecule has 186 valence electrons. The molecule has 0 aliphatic heterocycles. The summed E-state index contributed by atoms with van der Waals surface area (Å²) in [6.45, 7) is 5.54. The van der Waals surface area contributed by atoms with Gasteiger partial charge in [-0.25, -0.2) is 4.39 Å². The van der Waals surface area contributed by atoms with Crippen LogP contribution in [0.4, 0.5) is 4.39 Å². The topological polar surface area (TPSA) is 86.7 Å². The first-order chi connectivity index (χ1) is 15.7. The van der Waals surface area contributed by atoms with Gasteiger partial charge in [-0.3, -0.25) is 19.2 Å². The molecule has 0 bridgehead atoms. The Morgan fingerprint density at radius 1 is 1.18 bits per heavy atom. The third-order valence-corrected chi connectivity index (χ3v) is 10.4. The zero-order chi connectivity index (χ0) is 25.3. The van der Waals surface area contributed by atoms with Gasteiger partial charge in [0.15, 0.2) is 18.0 Å². The van der Waals surface area contributed by atoms with E-state index >= 15 is 4.39 Å². The first kappa shape index (κ1) is 25.4. The van der Waals surface area contributed by atoms with Crippen molar-refractivity contribution in [3.8, 4) is 0 Å². The van der Waals surface area contributed by atoms with Crippen LogP contribution in [0, 0.1) is 22.7 Å². The summed E-state index contributed by atoms with van der Waals surface area (Å²) in [7, 11) is 0. The van der Waals surface area contributed by atoms with Crippen molar-refractivity contribution < 1.29 is 33.0 Å². The van der Waals surface area contributed by atoms with Gasteiger partial charge in [-0.2, -0.15) is 0 Å². The Balaban J connectivity index is 1.81. The minimum Gasteiger partial charge on any atom is -0.458 e. The second-order valence-electron chi connectivity index (χ2n) is 10.5. The predicted octanol–water partition coefficient (Wildman–Crippen LogP) is 4.26. The molecule has 0 saturated heterocycles. The second kappa shape index (κ2) is 8.16. The molecule has 0 aromatic carbocycles. The second-order valence-corrected chi connectivity index (χ2v) is 11.6. The Bertz CT molecular complexity index is 1020. The minimum absolute atomic E-state index is 0.0454. The van der Waals surface area contributed by atoms with Crippen LogP contribution in [-0.4, -0.2) is 52.1 Å². The highest BCUT2D eigenvalue weighted by Crippen LogP contribution is 2.72. The lowest BCUT2D eigenvalue weighted by atomic mass is 9.46. The summed E-state index contributed by atoms with van der Waals surface area (Å²) >= 11 is 14.4. The van der Waals surface area contributed by atoms with E-state index in [9.17, 15) is 19.2 Å². The van der Waals surface area contributed by atoms with Crippen LogP contribution in [0.5, 0.6) is 0 Å². The first-order valence-corrected chi connectivity index (χ1v) is 12.3. The van der Waals surface area contributed by atoms with E-state index in [-0.39, 0.29) is 31.0 Å². The van der Waals surface area contributed by atoms with E-state index in [1.54, 1.807) is 6.08 Å². The van der Waals surface area contributed by atoms with Crippen LogP contribution in [0.3, 0.4) is 0 Å². The molecule has 4 rings (SSSR count). The van der Waals surface area contributed by atoms with Gasteiger partial charge in [-0.05, 0) is 55.2 Å². The normalized spacial score (nSPS) is 44.9. The Kier molecular flexibility index (Phi) is 6.08. The highest BCUT2D eigenvalue weighted by Gasteiger charge is 2.75. The zero-order valence-electron chi connectivity index (χ0n) is 19.7. The largest absolute Gasteiger partial charge is 0.458 e. The number of carbonyl (C=O) groups excluding carboxylic acids is 4. The molecule has 3 saturated carbocycles. The maximum Gasteiger partial charge on any atom is 0.303 e. The predicted molar refractivity (Wildman–Crippen MR) is 123 cm³/mol. The van der Waals surface area contributed by atoms with Crippen molar-refractivity contribution in [3.05, 3.63) is 23.8 Å². The number of alkyl halides is 3. The fraction of sp³-hybridized carbons (Fsp3) is 0.680. The van der Waals surface area contributed by atoms with E-state index < -0.39 is 63.1 Å². The molecule has 0 aromatic heterocycles. The Labute approximate surface area is 208 Å². The maximum atomic E-state index is 15.6. The van der Waals surface area contributed by atoms with E-state index in [1.165, 1.54) is 26.0 Å². The van der Waals surface area contributed by atoms with Gasteiger partial charge < -0.3 is 9.47 Å².